The van der Waals surface area contributed by atoms with E-state index in [1.54, 1.807) is 21.3 Å². The van der Waals surface area contributed by atoms with Crippen LogP contribution >= 0.6 is 0 Å². The number of aliphatic hydroxyl groups excluding tert-OH is 1. The van der Waals surface area contributed by atoms with E-state index in [2.05, 4.69) is 4.90 Å². The number of nitrogens with zero attached hydrogens (tertiary/aromatic N) is 1. The van der Waals surface area contributed by atoms with E-state index < -0.39 is 6.10 Å². The van der Waals surface area contributed by atoms with Gasteiger partial charge in [-0.3, -0.25) is 4.90 Å². The van der Waals surface area contributed by atoms with Crippen molar-refractivity contribution in [2.24, 2.45) is 0 Å². The molecule has 148 valence electrons. The van der Waals surface area contributed by atoms with Crippen molar-refractivity contribution in [3.05, 3.63) is 54.1 Å². The standard InChI is InChI=1S/C21H29NO5/c1-24-12-11-22(14-17-9-10-20(25-2)21(13-17)26-3)15-18(23)16-27-19-7-5-4-6-8-19/h4-10,13,18,23H,11-12,14-16H2,1-3H3/t18-/m1/s1. The maximum Gasteiger partial charge on any atom is 0.161 e. The molecule has 0 saturated carbocycles. The molecule has 2 aromatic rings. The topological polar surface area (TPSA) is 60.4 Å². The molecule has 2 aromatic carbocycles. The Hall–Kier alpha value is -2.28. The quantitative estimate of drug-likeness (QED) is 0.615. The average Bonchev–Trinajstić information content (AvgIpc) is 2.71. The molecule has 2 rings (SSSR count). The lowest BCUT2D eigenvalue weighted by Gasteiger charge is -2.25. The van der Waals surface area contributed by atoms with Crippen molar-refractivity contribution < 1.29 is 24.1 Å². The third-order valence-electron chi connectivity index (χ3n) is 4.12. The fourth-order valence-electron chi connectivity index (χ4n) is 2.75. The van der Waals surface area contributed by atoms with Crippen molar-refractivity contribution >= 4 is 0 Å². The molecule has 1 atom stereocenters. The third-order valence-corrected chi connectivity index (χ3v) is 4.12. The second-order valence-electron chi connectivity index (χ2n) is 6.20. The summed E-state index contributed by atoms with van der Waals surface area (Å²) in [6, 6.07) is 15.3. The smallest absolute Gasteiger partial charge is 0.161 e. The van der Waals surface area contributed by atoms with E-state index in [0.717, 1.165) is 11.3 Å². The SMILES string of the molecule is COCCN(Cc1ccc(OC)c(OC)c1)C[C@@H](O)COc1ccccc1. The van der Waals surface area contributed by atoms with Gasteiger partial charge in [-0.15, -0.1) is 0 Å². The Bertz CT molecular complexity index is 665. The fourth-order valence-corrected chi connectivity index (χ4v) is 2.75. The van der Waals surface area contributed by atoms with Gasteiger partial charge in [-0.2, -0.15) is 0 Å². The molecule has 0 heterocycles. The highest BCUT2D eigenvalue weighted by molar-refractivity contribution is 5.42. The van der Waals surface area contributed by atoms with Crippen molar-refractivity contribution in [1.82, 2.24) is 4.90 Å². The molecular weight excluding hydrogens is 346 g/mol. The minimum atomic E-state index is -0.609. The summed E-state index contributed by atoms with van der Waals surface area (Å²) in [4.78, 5) is 2.13. The maximum atomic E-state index is 10.4. The number of methoxy groups -OCH3 is 3. The zero-order valence-electron chi connectivity index (χ0n) is 16.3. The van der Waals surface area contributed by atoms with Crippen molar-refractivity contribution in [1.29, 1.82) is 0 Å². The summed E-state index contributed by atoms with van der Waals surface area (Å²) >= 11 is 0. The molecular formula is C21H29NO5. The van der Waals surface area contributed by atoms with Gasteiger partial charge in [0.2, 0.25) is 0 Å². The van der Waals surface area contributed by atoms with Gasteiger partial charge in [-0.1, -0.05) is 24.3 Å². The minimum Gasteiger partial charge on any atom is -0.493 e. The van der Waals surface area contributed by atoms with Crippen LogP contribution in [-0.2, 0) is 11.3 Å². The molecule has 0 aliphatic rings. The van der Waals surface area contributed by atoms with Crippen molar-refractivity contribution in [2.75, 3.05) is 47.6 Å². The lowest BCUT2D eigenvalue weighted by atomic mass is 10.1. The summed E-state index contributed by atoms with van der Waals surface area (Å²) < 4.78 is 21.5. The Labute approximate surface area is 161 Å². The van der Waals surface area contributed by atoms with E-state index in [1.807, 2.05) is 48.5 Å². The van der Waals surface area contributed by atoms with Gasteiger partial charge in [0, 0.05) is 26.7 Å². The zero-order valence-corrected chi connectivity index (χ0v) is 16.3. The molecule has 6 heteroatoms. The molecule has 27 heavy (non-hydrogen) atoms. The Kier molecular flexibility index (Phi) is 8.91. The molecule has 6 nitrogen and oxygen atoms in total. The van der Waals surface area contributed by atoms with Gasteiger partial charge < -0.3 is 24.1 Å². The first-order valence-corrected chi connectivity index (χ1v) is 8.94. The molecule has 0 spiro atoms. The molecule has 0 aliphatic heterocycles. The molecule has 0 saturated heterocycles. The summed E-state index contributed by atoms with van der Waals surface area (Å²) in [7, 11) is 4.91. The van der Waals surface area contributed by atoms with Crippen molar-refractivity contribution in [3.63, 3.8) is 0 Å². The molecule has 0 aliphatic carbocycles. The maximum absolute atomic E-state index is 10.4. The van der Waals surface area contributed by atoms with Crippen LogP contribution in [0.25, 0.3) is 0 Å². The normalized spacial score (nSPS) is 12.0. The number of aliphatic hydroxyl groups is 1. The molecule has 0 aromatic heterocycles. The summed E-state index contributed by atoms with van der Waals surface area (Å²) in [5.41, 5.74) is 1.07. The van der Waals surface area contributed by atoms with Gasteiger partial charge in [-0.05, 0) is 29.8 Å². The minimum absolute atomic E-state index is 0.236. The average molecular weight is 375 g/mol. The van der Waals surface area contributed by atoms with Gasteiger partial charge in [-0.25, -0.2) is 0 Å². The van der Waals surface area contributed by atoms with Crippen LogP contribution in [0, 0.1) is 0 Å². The highest BCUT2D eigenvalue weighted by atomic mass is 16.5. The number of para-hydroxylation sites is 1. The van der Waals surface area contributed by atoms with Gasteiger partial charge in [0.1, 0.15) is 18.5 Å². The highest BCUT2D eigenvalue weighted by Crippen LogP contribution is 2.28. The van der Waals surface area contributed by atoms with Crippen LogP contribution in [-0.4, -0.2) is 63.7 Å². The second kappa shape index (κ2) is 11.4. The predicted molar refractivity (Wildman–Crippen MR) is 105 cm³/mol. The van der Waals surface area contributed by atoms with E-state index in [-0.39, 0.29) is 6.61 Å². The van der Waals surface area contributed by atoms with Crippen LogP contribution in [0.3, 0.4) is 0 Å². The van der Waals surface area contributed by atoms with Crippen LogP contribution in [0.1, 0.15) is 5.56 Å². The molecule has 0 fully saturated rings. The van der Waals surface area contributed by atoms with Crippen molar-refractivity contribution in [3.8, 4) is 17.2 Å². The lowest BCUT2D eigenvalue weighted by Crippen LogP contribution is -2.37. The van der Waals surface area contributed by atoms with Crippen LogP contribution in [0.2, 0.25) is 0 Å². The van der Waals surface area contributed by atoms with Crippen LogP contribution < -0.4 is 14.2 Å². The fraction of sp³-hybridized carbons (Fsp3) is 0.429. The van der Waals surface area contributed by atoms with Crippen LogP contribution in [0.5, 0.6) is 17.2 Å². The molecule has 0 bridgehead atoms. The van der Waals surface area contributed by atoms with Gasteiger partial charge in [0.05, 0.1) is 20.8 Å². The first-order chi connectivity index (χ1) is 13.2. The van der Waals surface area contributed by atoms with Gasteiger partial charge in [0.25, 0.3) is 0 Å². The zero-order chi connectivity index (χ0) is 19.5. The molecule has 0 amide bonds. The molecule has 0 unspecified atom stereocenters. The number of rotatable bonds is 12. The van der Waals surface area contributed by atoms with Gasteiger partial charge >= 0.3 is 0 Å². The third kappa shape index (κ3) is 7.09. The number of benzene rings is 2. The Morgan fingerprint density at radius 3 is 2.37 bits per heavy atom. The van der Waals surface area contributed by atoms with Crippen LogP contribution in [0.15, 0.2) is 48.5 Å². The van der Waals surface area contributed by atoms with Crippen LogP contribution in [0.4, 0.5) is 0 Å². The van der Waals surface area contributed by atoms with E-state index in [1.165, 1.54) is 0 Å². The summed E-state index contributed by atoms with van der Waals surface area (Å²) in [6.45, 7) is 2.66. The number of hydrogen-bond acceptors (Lipinski definition) is 6. The Morgan fingerprint density at radius 1 is 0.963 bits per heavy atom. The predicted octanol–water partition coefficient (Wildman–Crippen LogP) is 2.59. The highest BCUT2D eigenvalue weighted by Gasteiger charge is 2.14. The van der Waals surface area contributed by atoms with E-state index in [9.17, 15) is 5.11 Å². The summed E-state index contributed by atoms with van der Waals surface area (Å²) in [5, 5.41) is 10.4. The number of ether oxygens (including phenoxy) is 4. The van der Waals surface area contributed by atoms with E-state index in [4.69, 9.17) is 18.9 Å². The Balaban J connectivity index is 1.95. The molecule has 1 N–H and O–H groups in total. The summed E-state index contributed by atoms with van der Waals surface area (Å²) in [5.74, 6) is 2.13. The second-order valence-corrected chi connectivity index (χ2v) is 6.20. The number of hydrogen-bond donors (Lipinski definition) is 1. The summed E-state index contributed by atoms with van der Waals surface area (Å²) in [6.07, 6.45) is -0.609. The first kappa shape index (κ1) is 21.0. The lowest BCUT2D eigenvalue weighted by molar-refractivity contribution is 0.0542. The Morgan fingerprint density at radius 2 is 1.70 bits per heavy atom. The van der Waals surface area contributed by atoms with Crippen molar-refractivity contribution in [2.45, 2.75) is 12.6 Å². The monoisotopic (exact) mass is 375 g/mol. The molecule has 0 radical (unpaired) electrons. The largest absolute Gasteiger partial charge is 0.493 e. The van der Waals surface area contributed by atoms with E-state index in [0.29, 0.717) is 37.7 Å². The first-order valence-electron chi connectivity index (χ1n) is 8.94. The van der Waals surface area contributed by atoms with Gasteiger partial charge in [0.15, 0.2) is 11.5 Å². The van der Waals surface area contributed by atoms with E-state index >= 15 is 0 Å².